The van der Waals surface area contributed by atoms with Gasteiger partial charge in [-0.2, -0.15) is 16.5 Å². The first kappa shape index (κ1) is 24.8. The van der Waals surface area contributed by atoms with Gasteiger partial charge in [0.05, 0.1) is 10.4 Å². The fourth-order valence-electron chi connectivity index (χ4n) is 3.71. The molecular weight excluding hydrogens is 464 g/mol. The molecule has 3 rings (SSSR count). The predicted molar refractivity (Wildman–Crippen MR) is 130 cm³/mol. The van der Waals surface area contributed by atoms with E-state index in [0.29, 0.717) is 16.9 Å². The van der Waals surface area contributed by atoms with Crippen LogP contribution in [0.5, 0.6) is 0 Å². The molecular formula is C23H26N2O6S2. The Bertz CT molecular complexity index is 1280. The van der Waals surface area contributed by atoms with Gasteiger partial charge >= 0.3 is 11.9 Å². The monoisotopic (exact) mass is 490 g/mol. The number of sulfonamides is 1. The van der Waals surface area contributed by atoms with Gasteiger partial charge in [0.2, 0.25) is 10.0 Å². The Balaban J connectivity index is 2.02. The summed E-state index contributed by atoms with van der Waals surface area (Å²) in [7, 11) is -4.07. The van der Waals surface area contributed by atoms with E-state index in [1.54, 1.807) is 0 Å². The van der Waals surface area contributed by atoms with Gasteiger partial charge in [0.15, 0.2) is 0 Å². The van der Waals surface area contributed by atoms with Gasteiger partial charge in [0, 0.05) is 10.9 Å². The van der Waals surface area contributed by atoms with Crippen molar-refractivity contribution >= 4 is 44.6 Å². The zero-order valence-corrected chi connectivity index (χ0v) is 20.1. The van der Waals surface area contributed by atoms with Gasteiger partial charge in [-0.05, 0) is 47.6 Å². The van der Waals surface area contributed by atoms with Crippen LogP contribution in [-0.2, 0) is 14.8 Å². The molecule has 0 saturated heterocycles. The first-order valence-electron chi connectivity index (χ1n) is 10.3. The van der Waals surface area contributed by atoms with Crippen molar-refractivity contribution < 1.29 is 28.2 Å². The first-order valence-corrected chi connectivity index (χ1v) is 13.2. The van der Waals surface area contributed by atoms with Crippen LogP contribution in [-0.4, -0.2) is 53.6 Å². The van der Waals surface area contributed by atoms with E-state index in [2.05, 4.69) is 9.71 Å². The molecule has 1 aromatic heterocycles. The lowest BCUT2D eigenvalue weighted by Crippen LogP contribution is -2.41. The average molecular weight is 491 g/mol. The van der Waals surface area contributed by atoms with E-state index < -0.39 is 28.0 Å². The van der Waals surface area contributed by atoms with Crippen molar-refractivity contribution in [3.8, 4) is 11.1 Å². The lowest BCUT2D eigenvalue weighted by molar-refractivity contribution is -0.139. The standard InChI is InChI=1S/C23H26N2O6S2/c1-13(2)16-5-4-6-17-19(21(23(28)29)24-20(16)17)14-7-9-15(10-8-14)33(30,31)25-18(22(26)27)11-12-32-3/h4-10,13,18,24-25H,11-12H2,1-3H3,(H,26,27)(H,28,29)/t18-/m0/s1. The van der Waals surface area contributed by atoms with Crippen LogP contribution in [0.4, 0.5) is 0 Å². The lowest BCUT2D eigenvalue weighted by atomic mass is 9.97. The number of carboxylic acid groups (broad SMARTS) is 2. The maximum absolute atomic E-state index is 12.7. The predicted octanol–water partition coefficient (Wildman–Crippen LogP) is 4.14. The highest BCUT2D eigenvalue weighted by atomic mass is 32.2. The number of hydrogen-bond donors (Lipinski definition) is 4. The molecule has 1 atom stereocenters. The molecule has 2 aromatic carbocycles. The summed E-state index contributed by atoms with van der Waals surface area (Å²) in [5.41, 5.74) is 2.75. The third-order valence-corrected chi connectivity index (χ3v) is 7.49. The highest BCUT2D eigenvalue weighted by molar-refractivity contribution is 7.98. The zero-order valence-electron chi connectivity index (χ0n) is 18.5. The van der Waals surface area contributed by atoms with Crippen molar-refractivity contribution in [3.63, 3.8) is 0 Å². The number of para-hydroxylation sites is 1. The van der Waals surface area contributed by atoms with Crippen molar-refractivity contribution in [1.29, 1.82) is 0 Å². The van der Waals surface area contributed by atoms with Gasteiger partial charge < -0.3 is 15.2 Å². The number of nitrogens with one attached hydrogen (secondary N) is 2. The Hall–Kier alpha value is -2.82. The van der Waals surface area contributed by atoms with E-state index in [9.17, 15) is 28.2 Å². The molecule has 3 aromatic rings. The van der Waals surface area contributed by atoms with Crippen molar-refractivity contribution in [1.82, 2.24) is 9.71 Å². The summed E-state index contributed by atoms with van der Waals surface area (Å²) in [5, 5.41) is 19.8. The van der Waals surface area contributed by atoms with Crippen molar-refractivity contribution in [2.24, 2.45) is 0 Å². The number of H-pyrrole nitrogens is 1. The molecule has 8 nitrogen and oxygen atoms in total. The number of aromatic amines is 1. The van der Waals surface area contributed by atoms with Gasteiger partial charge in [-0.25, -0.2) is 13.2 Å². The fourth-order valence-corrected chi connectivity index (χ4v) is 5.40. The molecule has 33 heavy (non-hydrogen) atoms. The molecule has 10 heteroatoms. The van der Waals surface area contributed by atoms with Crippen LogP contribution in [0, 0.1) is 0 Å². The molecule has 1 heterocycles. The van der Waals surface area contributed by atoms with E-state index in [4.69, 9.17) is 0 Å². The van der Waals surface area contributed by atoms with E-state index in [-0.39, 0.29) is 22.9 Å². The summed E-state index contributed by atoms with van der Waals surface area (Å²) in [5.74, 6) is -1.69. The summed E-state index contributed by atoms with van der Waals surface area (Å²) < 4.78 is 27.7. The van der Waals surface area contributed by atoms with Gasteiger partial charge in [-0.15, -0.1) is 0 Å². The number of hydrogen-bond acceptors (Lipinski definition) is 5. The number of carbonyl (C=O) groups is 2. The maximum Gasteiger partial charge on any atom is 0.352 e. The molecule has 0 aliphatic rings. The van der Waals surface area contributed by atoms with Crippen LogP contribution in [0.1, 0.15) is 42.2 Å². The second kappa shape index (κ2) is 9.98. The highest BCUT2D eigenvalue weighted by Gasteiger charge is 2.26. The van der Waals surface area contributed by atoms with Crippen LogP contribution in [0.3, 0.4) is 0 Å². The molecule has 0 saturated carbocycles. The Morgan fingerprint density at radius 3 is 2.30 bits per heavy atom. The molecule has 0 fully saturated rings. The van der Waals surface area contributed by atoms with Gasteiger partial charge in [-0.3, -0.25) is 4.79 Å². The Kier molecular flexibility index (Phi) is 7.51. The average Bonchev–Trinajstić information content (AvgIpc) is 3.16. The summed E-state index contributed by atoms with van der Waals surface area (Å²) in [6.45, 7) is 4.04. The van der Waals surface area contributed by atoms with Crippen molar-refractivity contribution in [2.45, 2.75) is 37.1 Å². The number of rotatable bonds is 10. The molecule has 0 aliphatic carbocycles. The van der Waals surface area contributed by atoms with Gasteiger partial charge in [0.25, 0.3) is 0 Å². The van der Waals surface area contributed by atoms with Gasteiger partial charge in [-0.1, -0.05) is 44.2 Å². The normalized spacial score (nSPS) is 12.8. The summed E-state index contributed by atoms with van der Waals surface area (Å²) in [6.07, 6.45) is 1.97. The number of fused-ring (bicyclic) bond motifs is 1. The number of aromatic carboxylic acids is 1. The van der Waals surface area contributed by atoms with Crippen LogP contribution < -0.4 is 4.72 Å². The second-order valence-corrected chi connectivity index (χ2v) is 10.6. The Morgan fingerprint density at radius 1 is 1.09 bits per heavy atom. The SMILES string of the molecule is CSCC[C@H](NS(=O)(=O)c1ccc(-c2c(C(=O)O)[nH]c3c(C(C)C)cccc23)cc1)C(=O)O. The molecule has 0 spiro atoms. The van der Waals surface area contributed by atoms with E-state index in [1.165, 1.54) is 36.0 Å². The maximum atomic E-state index is 12.7. The third kappa shape index (κ3) is 5.23. The number of aliphatic carboxylic acids is 1. The van der Waals surface area contributed by atoms with Crippen LogP contribution in [0.2, 0.25) is 0 Å². The topological polar surface area (TPSA) is 137 Å². The number of thioether (sulfide) groups is 1. The smallest absolute Gasteiger partial charge is 0.352 e. The molecule has 0 bridgehead atoms. The summed E-state index contributed by atoms with van der Waals surface area (Å²) in [4.78, 5) is 26.3. The van der Waals surface area contributed by atoms with Gasteiger partial charge in [0.1, 0.15) is 11.7 Å². The molecule has 0 amide bonds. The molecule has 176 valence electrons. The minimum Gasteiger partial charge on any atom is -0.480 e. The number of aromatic nitrogens is 1. The fraction of sp³-hybridized carbons (Fsp3) is 0.304. The van der Waals surface area contributed by atoms with Crippen LogP contribution in [0.15, 0.2) is 47.4 Å². The van der Waals surface area contributed by atoms with E-state index >= 15 is 0 Å². The van der Waals surface area contributed by atoms with Crippen LogP contribution >= 0.6 is 11.8 Å². The van der Waals surface area contributed by atoms with Crippen LogP contribution in [0.25, 0.3) is 22.0 Å². The summed E-state index contributed by atoms with van der Waals surface area (Å²) in [6, 6.07) is 10.2. The number of carboxylic acids is 2. The lowest BCUT2D eigenvalue weighted by Gasteiger charge is -2.14. The highest BCUT2D eigenvalue weighted by Crippen LogP contribution is 2.36. The largest absolute Gasteiger partial charge is 0.480 e. The second-order valence-electron chi connectivity index (χ2n) is 7.92. The number of benzene rings is 2. The molecule has 0 radical (unpaired) electrons. The van der Waals surface area contributed by atoms with E-state index in [1.807, 2.05) is 38.3 Å². The van der Waals surface area contributed by atoms with E-state index in [0.717, 1.165) is 16.5 Å². The quantitative estimate of drug-likeness (QED) is 0.335. The Labute approximate surface area is 196 Å². The first-order chi connectivity index (χ1) is 15.6. The van der Waals surface area contributed by atoms with Crippen molar-refractivity contribution in [2.75, 3.05) is 12.0 Å². The molecule has 0 unspecified atom stereocenters. The summed E-state index contributed by atoms with van der Waals surface area (Å²) >= 11 is 1.43. The zero-order chi connectivity index (χ0) is 24.3. The Morgan fingerprint density at radius 2 is 1.76 bits per heavy atom. The minimum absolute atomic E-state index is 0.0230. The molecule has 4 N–H and O–H groups in total. The molecule has 0 aliphatic heterocycles. The van der Waals surface area contributed by atoms with Crippen molar-refractivity contribution in [3.05, 3.63) is 53.7 Å². The third-order valence-electron chi connectivity index (χ3n) is 5.36. The minimum atomic E-state index is -4.07.